The van der Waals surface area contributed by atoms with E-state index in [4.69, 9.17) is 23.7 Å². The fraction of sp³-hybridized carbons (Fsp3) is 1.00. The van der Waals surface area contributed by atoms with Gasteiger partial charge < -0.3 is 90.1 Å². The summed E-state index contributed by atoms with van der Waals surface area (Å²) in [6, 6.07) is 0. The molecule has 3 fully saturated rings. The van der Waals surface area contributed by atoms with Gasteiger partial charge >= 0.3 is 0 Å². The Morgan fingerprint density at radius 3 is 1.72 bits per heavy atom. The first-order valence-corrected chi connectivity index (χ1v) is 12.2. The predicted molar refractivity (Wildman–Crippen MR) is 118 cm³/mol. The Balaban J connectivity index is 1.94. The Hall–Kier alpha value is -0.720. The van der Waals surface area contributed by atoms with Gasteiger partial charge in [0.15, 0.2) is 18.4 Å². The lowest BCUT2D eigenvalue weighted by Crippen LogP contribution is -2.71. The van der Waals surface area contributed by atoms with E-state index in [1.165, 1.54) is 0 Å². The van der Waals surface area contributed by atoms with Crippen LogP contribution in [0, 0.1) is 0 Å². The highest BCUT2D eigenvalue weighted by Crippen LogP contribution is 2.37. The second-order valence-corrected chi connectivity index (χ2v) is 9.92. The third-order valence-corrected chi connectivity index (χ3v) is 7.03. The molecule has 0 aromatic heterocycles. The molecule has 3 heterocycles. The molecule has 230 valence electrons. The van der Waals surface area contributed by atoms with Crippen LogP contribution in [0.4, 0.5) is 0 Å². The first-order chi connectivity index (χ1) is 18.2. The van der Waals surface area contributed by atoms with Gasteiger partial charge in [0.05, 0.1) is 19.8 Å². The fourth-order valence-corrected chi connectivity index (χ4v) is 4.74. The van der Waals surface area contributed by atoms with Crippen molar-refractivity contribution in [1.82, 2.24) is 0 Å². The molecule has 39 heavy (non-hydrogen) atoms. The summed E-state index contributed by atoms with van der Waals surface area (Å²) >= 11 is 0. The van der Waals surface area contributed by atoms with Crippen LogP contribution in [0.3, 0.4) is 0 Å². The zero-order chi connectivity index (χ0) is 29.4. The Morgan fingerprint density at radius 2 is 1.18 bits per heavy atom. The molecule has 0 amide bonds. The minimum Gasteiger partial charge on any atom is -0.394 e. The van der Waals surface area contributed by atoms with E-state index >= 15 is 0 Å². The normalized spacial score (nSPS) is 50.9. The average Bonchev–Trinajstić information content (AvgIpc) is 2.91. The molecule has 17 atom stereocenters. The van der Waals surface area contributed by atoms with Gasteiger partial charge in [-0.15, -0.1) is 0 Å². The molecular weight excluding hydrogens is 540 g/mol. The van der Waals surface area contributed by atoms with Crippen LogP contribution in [-0.4, -0.2) is 190 Å². The Bertz CT molecular complexity index is 771. The molecule has 0 unspecified atom stereocenters. The van der Waals surface area contributed by atoms with Crippen LogP contribution in [0.15, 0.2) is 0 Å². The van der Waals surface area contributed by atoms with Crippen molar-refractivity contribution >= 4 is 0 Å². The van der Waals surface area contributed by atoms with E-state index in [0.717, 1.165) is 6.92 Å². The van der Waals surface area contributed by atoms with Crippen molar-refractivity contribution in [2.75, 3.05) is 19.8 Å². The Morgan fingerprint density at radius 1 is 0.667 bits per heavy atom. The molecule has 18 heteroatoms. The zero-order valence-corrected chi connectivity index (χ0v) is 20.7. The topological polar surface area (TPSA) is 309 Å². The maximum Gasteiger partial charge on any atom is 0.192 e. The quantitative estimate of drug-likeness (QED) is 0.121. The van der Waals surface area contributed by atoms with E-state index in [1.807, 2.05) is 0 Å². The van der Waals surface area contributed by atoms with Crippen molar-refractivity contribution in [2.24, 2.45) is 0 Å². The standard InChI is InChI=1S/C21H38O18/c1-21(34)18(38-20-13(32)10(29)11(30)15(36-20)5(25)2-22)17(14(33)16(39-21)6(26)3-23)37-19-12(31)9(28)8(27)7(4-24)35-19/h5-20,22-34H,2-4H2,1H3/t5-,6-,7-,8+,9+,10+,11-,12-,13+,14-,15-,16-,17+,18+,19-,20+,21-/m1/s1. The lowest BCUT2D eigenvalue weighted by Gasteiger charge is -2.52. The van der Waals surface area contributed by atoms with E-state index in [2.05, 4.69) is 0 Å². The molecule has 3 aliphatic heterocycles. The smallest absolute Gasteiger partial charge is 0.192 e. The first-order valence-electron chi connectivity index (χ1n) is 12.2. The van der Waals surface area contributed by atoms with E-state index in [-0.39, 0.29) is 0 Å². The summed E-state index contributed by atoms with van der Waals surface area (Å²) in [5.41, 5.74) is 0. The van der Waals surface area contributed by atoms with Crippen LogP contribution in [0.25, 0.3) is 0 Å². The van der Waals surface area contributed by atoms with Crippen LogP contribution in [0.1, 0.15) is 6.92 Å². The van der Waals surface area contributed by atoms with Gasteiger partial charge in [-0.3, -0.25) is 0 Å². The number of aliphatic hydroxyl groups excluding tert-OH is 12. The van der Waals surface area contributed by atoms with Crippen LogP contribution in [0.5, 0.6) is 0 Å². The van der Waals surface area contributed by atoms with Crippen molar-refractivity contribution in [3.8, 4) is 0 Å². The van der Waals surface area contributed by atoms with E-state index in [1.54, 1.807) is 0 Å². The molecular formula is C21H38O18. The van der Waals surface area contributed by atoms with Gasteiger partial charge in [0, 0.05) is 0 Å². The van der Waals surface area contributed by atoms with Gasteiger partial charge in [-0.25, -0.2) is 0 Å². The van der Waals surface area contributed by atoms with Crippen molar-refractivity contribution in [2.45, 2.75) is 111 Å². The summed E-state index contributed by atoms with van der Waals surface area (Å²) in [7, 11) is 0. The minimum absolute atomic E-state index is 0.832. The van der Waals surface area contributed by atoms with E-state index in [9.17, 15) is 66.4 Å². The maximum absolute atomic E-state index is 11.1. The summed E-state index contributed by atoms with van der Waals surface area (Å²) in [4.78, 5) is 0. The van der Waals surface area contributed by atoms with Gasteiger partial charge in [0.25, 0.3) is 0 Å². The lowest BCUT2D eigenvalue weighted by atomic mass is 9.89. The largest absolute Gasteiger partial charge is 0.394 e. The van der Waals surface area contributed by atoms with E-state index in [0.29, 0.717) is 0 Å². The van der Waals surface area contributed by atoms with Crippen LogP contribution in [-0.2, 0) is 23.7 Å². The van der Waals surface area contributed by atoms with Crippen LogP contribution >= 0.6 is 0 Å². The number of ether oxygens (including phenoxy) is 5. The molecule has 3 aliphatic rings. The van der Waals surface area contributed by atoms with Crippen LogP contribution < -0.4 is 0 Å². The number of hydrogen-bond acceptors (Lipinski definition) is 18. The highest BCUT2D eigenvalue weighted by atomic mass is 16.8. The monoisotopic (exact) mass is 578 g/mol. The number of hydrogen-bond donors (Lipinski definition) is 13. The summed E-state index contributed by atoms with van der Waals surface area (Å²) in [6.07, 6.45) is -29.8. The SMILES string of the molecule is C[C@@]1(O)O[C@H]([C@H](O)CO)[C@@H](O)[C@H](O[C@H]2O[C@H](CO)[C@H](O)[C@H](O)[C@H]2O)[C@@H]1O[C@@H]1O[C@H]([C@H](O)CO)[C@H](O)[C@H](O)[C@@H]1O. The molecule has 0 aliphatic carbocycles. The van der Waals surface area contributed by atoms with Gasteiger partial charge in [0.2, 0.25) is 0 Å². The molecule has 0 radical (unpaired) electrons. The maximum atomic E-state index is 11.1. The Kier molecular flexibility index (Phi) is 11.0. The van der Waals surface area contributed by atoms with Gasteiger partial charge in [-0.05, 0) is 6.92 Å². The molecule has 0 aromatic carbocycles. The minimum atomic E-state index is -2.56. The zero-order valence-electron chi connectivity index (χ0n) is 20.7. The molecule has 0 aromatic rings. The predicted octanol–water partition coefficient (Wildman–Crippen LogP) is -8.46. The number of aliphatic hydroxyl groups is 13. The molecule has 3 saturated heterocycles. The lowest BCUT2D eigenvalue weighted by molar-refractivity contribution is -0.417. The Labute approximate surface area is 221 Å². The highest BCUT2D eigenvalue weighted by molar-refractivity contribution is 5.01. The summed E-state index contributed by atoms with van der Waals surface area (Å²) < 4.78 is 27.1. The summed E-state index contributed by atoms with van der Waals surface area (Å²) in [5.74, 6) is -2.56. The van der Waals surface area contributed by atoms with Crippen molar-refractivity contribution in [1.29, 1.82) is 0 Å². The molecule has 0 saturated carbocycles. The highest BCUT2D eigenvalue weighted by Gasteiger charge is 2.59. The van der Waals surface area contributed by atoms with Crippen molar-refractivity contribution in [3.63, 3.8) is 0 Å². The number of rotatable bonds is 9. The fourth-order valence-electron chi connectivity index (χ4n) is 4.74. The van der Waals surface area contributed by atoms with Gasteiger partial charge in [-0.1, -0.05) is 0 Å². The van der Waals surface area contributed by atoms with Crippen LogP contribution in [0.2, 0.25) is 0 Å². The van der Waals surface area contributed by atoms with Crippen molar-refractivity contribution in [3.05, 3.63) is 0 Å². The molecule has 18 nitrogen and oxygen atoms in total. The third-order valence-electron chi connectivity index (χ3n) is 7.03. The molecule has 0 spiro atoms. The second kappa shape index (κ2) is 13.1. The first kappa shape index (κ1) is 32.8. The molecule has 3 rings (SSSR count). The summed E-state index contributed by atoms with van der Waals surface area (Å²) in [5, 5.41) is 132. The van der Waals surface area contributed by atoms with E-state index < -0.39 is 124 Å². The third kappa shape index (κ3) is 6.53. The van der Waals surface area contributed by atoms with Gasteiger partial charge in [0.1, 0.15) is 85.5 Å². The van der Waals surface area contributed by atoms with Gasteiger partial charge in [-0.2, -0.15) is 0 Å². The second-order valence-electron chi connectivity index (χ2n) is 9.92. The molecule has 0 bridgehead atoms. The van der Waals surface area contributed by atoms with Crippen molar-refractivity contribution < 1.29 is 90.1 Å². The summed E-state index contributed by atoms with van der Waals surface area (Å²) in [6.45, 7) is -1.75. The average molecular weight is 579 g/mol. The molecule has 13 N–H and O–H groups in total.